The van der Waals surface area contributed by atoms with Gasteiger partial charge in [-0.3, -0.25) is 0 Å². The highest BCUT2D eigenvalue weighted by atomic mass is 15.2. The number of hydrogen-bond acceptors (Lipinski definition) is 4. The lowest BCUT2D eigenvalue weighted by Crippen LogP contribution is -2.23. The van der Waals surface area contributed by atoms with Crippen molar-refractivity contribution >= 4 is 11.6 Å². The second-order valence-electron chi connectivity index (χ2n) is 5.43. The molecule has 1 saturated heterocycles. The second-order valence-corrected chi connectivity index (χ2v) is 5.43. The van der Waals surface area contributed by atoms with E-state index in [1.165, 1.54) is 6.42 Å². The van der Waals surface area contributed by atoms with Gasteiger partial charge in [0.2, 0.25) is 0 Å². The summed E-state index contributed by atoms with van der Waals surface area (Å²) in [7, 11) is 0. The van der Waals surface area contributed by atoms with E-state index in [4.69, 9.17) is 0 Å². The van der Waals surface area contributed by atoms with Crippen LogP contribution >= 0.6 is 0 Å². The van der Waals surface area contributed by atoms with Gasteiger partial charge in [-0.15, -0.1) is 0 Å². The number of aryl methyl sites for hydroxylation is 1. The van der Waals surface area contributed by atoms with Crippen molar-refractivity contribution in [2.45, 2.75) is 34.1 Å². The van der Waals surface area contributed by atoms with Crippen LogP contribution in [0.5, 0.6) is 0 Å². The van der Waals surface area contributed by atoms with Crippen LogP contribution in [0.15, 0.2) is 6.07 Å². The van der Waals surface area contributed by atoms with Crippen LogP contribution in [-0.2, 0) is 0 Å². The maximum Gasteiger partial charge on any atom is 0.134 e. The third-order valence-corrected chi connectivity index (χ3v) is 3.67. The first-order valence-corrected chi connectivity index (χ1v) is 6.94. The lowest BCUT2D eigenvalue weighted by molar-refractivity contribution is 0.422. The third-order valence-electron chi connectivity index (χ3n) is 3.67. The Morgan fingerprint density at radius 1 is 1.44 bits per heavy atom. The lowest BCUT2D eigenvalue weighted by atomic mass is 9.95. The van der Waals surface area contributed by atoms with Gasteiger partial charge in [0.15, 0.2) is 0 Å². The van der Waals surface area contributed by atoms with E-state index < -0.39 is 0 Å². The van der Waals surface area contributed by atoms with E-state index in [0.29, 0.717) is 0 Å². The number of nitrogens with zero attached hydrogens (tertiary/aromatic N) is 3. The molecule has 0 aromatic carbocycles. The van der Waals surface area contributed by atoms with Crippen LogP contribution in [0, 0.1) is 18.8 Å². The molecular weight excluding hydrogens is 224 g/mol. The molecule has 4 nitrogen and oxygen atoms in total. The van der Waals surface area contributed by atoms with Crippen molar-refractivity contribution in [1.29, 1.82) is 0 Å². The molecule has 100 valence electrons. The second kappa shape index (κ2) is 5.55. The molecule has 0 spiro atoms. The summed E-state index contributed by atoms with van der Waals surface area (Å²) in [6, 6.07) is 2.07. The van der Waals surface area contributed by atoms with Gasteiger partial charge in [0.25, 0.3) is 0 Å². The van der Waals surface area contributed by atoms with Crippen molar-refractivity contribution in [2.24, 2.45) is 11.8 Å². The first-order valence-electron chi connectivity index (χ1n) is 6.94. The van der Waals surface area contributed by atoms with E-state index in [9.17, 15) is 0 Å². The minimum Gasteiger partial charge on any atom is -0.370 e. The fraction of sp³-hybridized carbons (Fsp3) is 0.714. The molecule has 1 atom stereocenters. The molecule has 2 rings (SSSR count). The average molecular weight is 248 g/mol. The van der Waals surface area contributed by atoms with Crippen LogP contribution in [0.1, 0.15) is 33.0 Å². The summed E-state index contributed by atoms with van der Waals surface area (Å²) >= 11 is 0. The van der Waals surface area contributed by atoms with Gasteiger partial charge in [0.1, 0.15) is 17.5 Å². The predicted octanol–water partition coefficient (Wildman–Crippen LogP) is 2.70. The number of hydrogen-bond donors (Lipinski definition) is 1. The maximum absolute atomic E-state index is 4.57. The van der Waals surface area contributed by atoms with Crippen molar-refractivity contribution in [3.05, 3.63) is 11.9 Å². The minimum absolute atomic E-state index is 0.756. The highest BCUT2D eigenvalue weighted by Crippen LogP contribution is 2.28. The quantitative estimate of drug-likeness (QED) is 0.889. The van der Waals surface area contributed by atoms with E-state index >= 15 is 0 Å². The van der Waals surface area contributed by atoms with Crippen molar-refractivity contribution < 1.29 is 0 Å². The number of anilines is 2. The lowest BCUT2D eigenvalue weighted by Gasteiger charge is -2.20. The first kappa shape index (κ1) is 13.1. The summed E-state index contributed by atoms with van der Waals surface area (Å²) in [5.74, 6) is 4.40. The Hall–Kier alpha value is -1.32. The third kappa shape index (κ3) is 2.92. The Labute approximate surface area is 110 Å². The molecule has 1 aliphatic rings. The summed E-state index contributed by atoms with van der Waals surface area (Å²) < 4.78 is 0. The Kier molecular flexibility index (Phi) is 4.04. The Morgan fingerprint density at radius 2 is 2.22 bits per heavy atom. The van der Waals surface area contributed by atoms with Gasteiger partial charge < -0.3 is 10.2 Å². The highest BCUT2D eigenvalue weighted by molar-refractivity contribution is 5.50. The van der Waals surface area contributed by atoms with Crippen molar-refractivity contribution in [2.75, 3.05) is 29.9 Å². The van der Waals surface area contributed by atoms with Gasteiger partial charge in [0, 0.05) is 25.7 Å². The van der Waals surface area contributed by atoms with Crippen LogP contribution in [0.4, 0.5) is 11.6 Å². The monoisotopic (exact) mass is 248 g/mol. The largest absolute Gasteiger partial charge is 0.370 e. The van der Waals surface area contributed by atoms with E-state index in [-0.39, 0.29) is 0 Å². The molecule has 0 radical (unpaired) electrons. The van der Waals surface area contributed by atoms with Crippen LogP contribution in [-0.4, -0.2) is 29.6 Å². The van der Waals surface area contributed by atoms with E-state index in [2.05, 4.69) is 47.0 Å². The van der Waals surface area contributed by atoms with Crippen molar-refractivity contribution in [1.82, 2.24) is 9.97 Å². The molecule has 4 heteroatoms. The van der Waals surface area contributed by atoms with E-state index in [1.807, 2.05) is 6.92 Å². The van der Waals surface area contributed by atoms with Gasteiger partial charge in [-0.25, -0.2) is 9.97 Å². The number of rotatable bonds is 4. The SMILES string of the molecule is CCNc1cc(N2CCC(C(C)C)C2)nc(C)n1. The standard InChI is InChI=1S/C14H24N4/c1-5-15-13-8-14(17-11(4)16-13)18-7-6-12(9-18)10(2)3/h8,10,12H,5-7,9H2,1-4H3,(H,15,16,17). The van der Waals surface area contributed by atoms with Gasteiger partial charge in [-0.05, 0) is 32.1 Å². The summed E-state index contributed by atoms with van der Waals surface area (Å²) in [6.45, 7) is 11.8. The number of aromatic nitrogens is 2. The zero-order valence-corrected chi connectivity index (χ0v) is 11.9. The molecule has 1 N–H and O–H groups in total. The van der Waals surface area contributed by atoms with Crippen LogP contribution < -0.4 is 10.2 Å². The molecule has 1 fully saturated rings. The van der Waals surface area contributed by atoms with E-state index in [0.717, 1.165) is 48.9 Å². The van der Waals surface area contributed by atoms with Gasteiger partial charge in [-0.1, -0.05) is 13.8 Å². The Morgan fingerprint density at radius 3 is 2.83 bits per heavy atom. The van der Waals surface area contributed by atoms with Crippen LogP contribution in [0.25, 0.3) is 0 Å². The summed E-state index contributed by atoms with van der Waals surface area (Å²) in [5, 5.41) is 3.27. The first-order chi connectivity index (χ1) is 8.60. The summed E-state index contributed by atoms with van der Waals surface area (Å²) in [5.41, 5.74) is 0. The molecule has 2 heterocycles. The summed E-state index contributed by atoms with van der Waals surface area (Å²) in [4.78, 5) is 11.4. The van der Waals surface area contributed by atoms with Crippen LogP contribution in [0.3, 0.4) is 0 Å². The molecule has 0 saturated carbocycles. The molecule has 0 aliphatic carbocycles. The Bertz CT molecular complexity index is 403. The average Bonchev–Trinajstić information content (AvgIpc) is 2.78. The molecule has 0 bridgehead atoms. The molecule has 0 amide bonds. The predicted molar refractivity (Wildman–Crippen MR) is 76.1 cm³/mol. The molecule has 18 heavy (non-hydrogen) atoms. The molecule has 1 aliphatic heterocycles. The maximum atomic E-state index is 4.57. The topological polar surface area (TPSA) is 41.0 Å². The van der Waals surface area contributed by atoms with Gasteiger partial charge >= 0.3 is 0 Å². The fourth-order valence-electron chi connectivity index (χ4n) is 2.53. The minimum atomic E-state index is 0.756. The van der Waals surface area contributed by atoms with Gasteiger partial charge in [0.05, 0.1) is 0 Å². The fourth-order valence-corrected chi connectivity index (χ4v) is 2.53. The Balaban J connectivity index is 2.13. The molecule has 1 aromatic rings. The summed E-state index contributed by atoms with van der Waals surface area (Å²) in [6.07, 6.45) is 1.28. The smallest absolute Gasteiger partial charge is 0.134 e. The molecule has 1 aromatic heterocycles. The van der Waals surface area contributed by atoms with E-state index in [1.54, 1.807) is 0 Å². The normalized spacial score (nSPS) is 19.6. The zero-order valence-electron chi connectivity index (χ0n) is 11.9. The van der Waals surface area contributed by atoms with Crippen molar-refractivity contribution in [3.8, 4) is 0 Å². The number of nitrogens with one attached hydrogen (secondary N) is 1. The molecule has 1 unspecified atom stereocenters. The van der Waals surface area contributed by atoms with Crippen molar-refractivity contribution in [3.63, 3.8) is 0 Å². The zero-order chi connectivity index (χ0) is 13.1. The van der Waals surface area contributed by atoms with Gasteiger partial charge in [-0.2, -0.15) is 0 Å². The highest BCUT2D eigenvalue weighted by Gasteiger charge is 2.26. The molecular formula is C14H24N4. The van der Waals surface area contributed by atoms with Crippen LogP contribution in [0.2, 0.25) is 0 Å².